The van der Waals surface area contributed by atoms with E-state index in [1.165, 1.54) is 0 Å². The van der Waals surface area contributed by atoms with Crippen LogP contribution in [0.4, 0.5) is 0 Å². The summed E-state index contributed by atoms with van der Waals surface area (Å²) in [5.74, 6) is -0.120. The molecule has 2 aliphatic carbocycles. The molecule has 1 unspecified atom stereocenters. The number of esters is 1. The molecule has 1 spiro atoms. The standard InChI is InChI=1S/C16H16O3/c1-2-19-15(18)12-7-8-16(10-12)9-11-5-3-4-6-13(11)14(16)17/h3-6,10H,2,7-9H2,1H3. The van der Waals surface area contributed by atoms with Gasteiger partial charge in [0.15, 0.2) is 5.78 Å². The third kappa shape index (κ3) is 1.81. The smallest absolute Gasteiger partial charge is 0.333 e. The first-order valence-electron chi connectivity index (χ1n) is 6.68. The van der Waals surface area contributed by atoms with Crippen molar-refractivity contribution in [3.63, 3.8) is 0 Å². The summed E-state index contributed by atoms with van der Waals surface area (Å²) in [5.41, 5.74) is 2.06. The Morgan fingerprint density at radius 2 is 2.16 bits per heavy atom. The number of carbonyl (C=O) groups is 2. The van der Waals surface area contributed by atoms with Gasteiger partial charge in [-0.05, 0) is 31.7 Å². The van der Waals surface area contributed by atoms with Crippen molar-refractivity contribution in [3.05, 3.63) is 47.0 Å². The molecule has 2 aliphatic rings. The lowest BCUT2D eigenvalue weighted by Gasteiger charge is -2.17. The number of ketones is 1. The number of fused-ring (bicyclic) bond motifs is 1. The van der Waals surface area contributed by atoms with E-state index in [4.69, 9.17) is 4.74 Å². The van der Waals surface area contributed by atoms with E-state index in [1.807, 2.05) is 30.3 Å². The van der Waals surface area contributed by atoms with Crippen molar-refractivity contribution in [3.8, 4) is 0 Å². The van der Waals surface area contributed by atoms with Gasteiger partial charge in [0.25, 0.3) is 0 Å². The van der Waals surface area contributed by atoms with E-state index in [0.29, 0.717) is 31.4 Å². The zero-order chi connectivity index (χ0) is 13.5. The zero-order valence-electron chi connectivity index (χ0n) is 10.9. The summed E-state index contributed by atoms with van der Waals surface area (Å²) >= 11 is 0. The summed E-state index contributed by atoms with van der Waals surface area (Å²) in [5, 5.41) is 0. The molecule has 98 valence electrons. The summed E-state index contributed by atoms with van der Waals surface area (Å²) in [6.45, 7) is 2.16. The van der Waals surface area contributed by atoms with E-state index in [2.05, 4.69) is 0 Å². The predicted octanol–water partition coefficient (Wildman–Crippen LogP) is 2.70. The SMILES string of the molecule is CCOC(=O)C1=CC2(CC1)Cc1ccccc1C2=O. The van der Waals surface area contributed by atoms with Gasteiger partial charge in [-0.2, -0.15) is 0 Å². The second kappa shape index (κ2) is 4.34. The van der Waals surface area contributed by atoms with Gasteiger partial charge in [-0.3, -0.25) is 4.79 Å². The van der Waals surface area contributed by atoms with Gasteiger partial charge >= 0.3 is 5.97 Å². The normalized spacial score (nSPS) is 24.5. The molecule has 0 saturated carbocycles. The molecule has 0 aromatic heterocycles. The van der Waals surface area contributed by atoms with Gasteiger partial charge in [-0.15, -0.1) is 0 Å². The van der Waals surface area contributed by atoms with Gasteiger partial charge in [0, 0.05) is 11.1 Å². The lowest BCUT2D eigenvalue weighted by atomic mass is 9.83. The quantitative estimate of drug-likeness (QED) is 0.764. The van der Waals surface area contributed by atoms with Crippen LogP contribution >= 0.6 is 0 Å². The number of rotatable bonds is 2. The average molecular weight is 256 g/mol. The Morgan fingerprint density at radius 3 is 2.89 bits per heavy atom. The number of allylic oxidation sites excluding steroid dienone is 1. The molecule has 0 N–H and O–H groups in total. The highest BCUT2D eigenvalue weighted by molar-refractivity contribution is 6.07. The second-order valence-electron chi connectivity index (χ2n) is 5.21. The molecule has 0 radical (unpaired) electrons. The van der Waals surface area contributed by atoms with Crippen LogP contribution in [0.25, 0.3) is 0 Å². The van der Waals surface area contributed by atoms with Gasteiger partial charge in [-0.1, -0.05) is 30.3 Å². The van der Waals surface area contributed by atoms with Gasteiger partial charge in [-0.25, -0.2) is 4.79 Å². The van der Waals surface area contributed by atoms with Crippen LogP contribution in [-0.4, -0.2) is 18.4 Å². The van der Waals surface area contributed by atoms with Crippen molar-refractivity contribution in [2.75, 3.05) is 6.61 Å². The average Bonchev–Trinajstić information content (AvgIpc) is 2.95. The van der Waals surface area contributed by atoms with Crippen LogP contribution in [0.2, 0.25) is 0 Å². The molecule has 0 amide bonds. The van der Waals surface area contributed by atoms with Crippen molar-refractivity contribution in [2.24, 2.45) is 5.41 Å². The van der Waals surface area contributed by atoms with Crippen molar-refractivity contribution in [1.82, 2.24) is 0 Å². The third-order valence-corrected chi connectivity index (χ3v) is 4.05. The Hall–Kier alpha value is -1.90. The topological polar surface area (TPSA) is 43.4 Å². The maximum Gasteiger partial charge on any atom is 0.333 e. The van der Waals surface area contributed by atoms with E-state index >= 15 is 0 Å². The summed E-state index contributed by atoms with van der Waals surface area (Å²) in [7, 11) is 0. The first kappa shape index (κ1) is 12.2. The Kier molecular flexibility index (Phi) is 2.77. The van der Waals surface area contributed by atoms with E-state index in [-0.39, 0.29) is 11.8 Å². The zero-order valence-corrected chi connectivity index (χ0v) is 10.9. The molecule has 3 nitrogen and oxygen atoms in total. The van der Waals surface area contributed by atoms with Crippen LogP contribution in [0.15, 0.2) is 35.9 Å². The Balaban J connectivity index is 1.92. The highest BCUT2D eigenvalue weighted by Crippen LogP contribution is 2.47. The van der Waals surface area contributed by atoms with Gasteiger partial charge in [0.1, 0.15) is 0 Å². The summed E-state index contributed by atoms with van der Waals surface area (Å²) in [6, 6.07) is 7.72. The minimum absolute atomic E-state index is 0.155. The molecule has 3 heteroatoms. The van der Waals surface area contributed by atoms with Crippen molar-refractivity contribution < 1.29 is 14.3 Å². The highest BCUT2D eigenvalue weighted by Gasteiger charge is 2.47. The fraction of sp³-hybridized carbons (Fsp3) is 0.375. The van der Waals surface area contributed by atoms with E-state index in [1.54, 1.807) is 6.92 Å². The fourth-order valence-corrected chi connectivity index (χ4v) is 3.12. The Morgan fingerprint density at radius 1 is 1.37 bits per heavy atom. The van der Waals surface area contributed by atoms with E-state index in [9.17, 15) is 9.59 Å². The molecular formula is C16H16O3. The molecule has 0 aliphatic heterocycles. The largest absolute Gasteiger partial charge is 0.463 e. The Labute approximate surface area is 112 Å². The minimum atomic E-state index is -0.494. The van der Waals surface area contributed by atoms with Crippen molar-refractivity contribution in [2.45, 2.75) is 26.2 Å². The maximum atomic E-state index is 12.6. The first-order chi connectivity index (χ1) is 9.16. The van der Waals surface area contributed by atoms with Crippen LogP contribution in [0, 0.1) is 5.41 Å². The van der Waals surface area contributed by atoms with Crippen molar-refractivity contribution in [1.29, 1.82) is 0 Å². The van der Waals surface area contributed by atoms with Gasteiger partial charge in [0.05, 0.1) is 12.0 Å². The number of hydrogen-bond donors (Lipinski definition) is 0. The number of Topliss-reactive ketones (excluding diaryl/α,β-unsaturated/α-hetero) is 1. The van der Waals surface area contributed by atoms with Gasteiger partial charge in [0.2, 0.25) is 0 Å². The number of carbonyl (C=O) groups excluding carboxylic acids is 2. The minimum Gasteiger partial charge on any atom is -0.463 e. The monoisotopic (exact) mass is 256 g/mol. The Bertz CT molecular complexity index is 585. The number of hydrogen-bond acceptors (Lipinski definition) is 3. The van der Waals surface area contributed by atoms with Crippen LogP contribution < -0.4 is 0 Å². The number of benzene rings is 1. The molecule has 19 heavy (non-hydrogen) atoms. The van der Waals surface area contributed by atoms with Gasteiger partial charge < -0.3 is 4.74 Å². The summed E-state index contributed by atoms with van der Waals surface area (Å²) < 4.78 is 5.02. The highest BCUT2D eigenvalue weighted by atomic mass is 16.5. The van der Waals surface area contributed by atoms with E-state index in [0.717, 1.165) is 11.1 Å². The van der Waals surface area contributed by atoms with Crippen LogP contribution in [0.1, 0.15) is 35.7 Å². The molecule has 1 atom stereocenters. The molecule has 3 rings (SSSR count). The fourth-order valence-electron chi connectivity index (χ4n) is 3.12. The molecular weight excluding hydrogens is 240 g/mol. The number of ether oxygens (including phenoxy) is 1. The lowest BCUT2D eigenvalue weighted by Crippen LogP contribution is -2.22. The lowest BCUT2D eigenvalue weighted by molar-refractivity contribution is -0.138. The third-order valence-electron chi connectivity index (χ3n) is 4.05. The molecule has 0 bridgehead atoms. The van der Waals surface area contributed by atoms with Crippen LogP contribution in [-0.2, 0) is 16.0 Å². The molecule has 1 aromatic rings. The second-order valence-corrected chi connectivity index (χ2v) is 5.21. The summed E-state index contributed by atoms with van der Waals surface area (Å²) in [4.78, 5) is 24.3. The van der Waals surface area contributed by atoms with Crippen molar-refractivity contribution >= 4 is 11.8 Å². The molecule has 0 fully saturated rings. The molecule has 0 saturated heterocycles. The van der Waals surface area contributed by atoms with Crippen LogP contribution in [0.3, 0.4) is 0 Å². The predicted molar refractivity (Wildman–Crippen MR) is 70.9 cm³/mol. The van der Waals surface area contributed by atoms with E-state index < -0.39 is 5.41 Å². The maximum absolute atomic E-state index is 12.6. The first-order valence-corrected chi connectivity index (χ1v) is 6.68. The van der Waals surface area contributed by atoms with Crippen LogP contribution in [0.5, 0.6) is 0 Å². The molecule has 1 aromatic carbocycles. The summed E-state index contributed by atoms with van der Waals surface area (Å²) in [6.07, 6.45) is 3.92. The molecule has 0 heterocycles.